The Bertz CT molecular complexity index is 1040. The fraction of sp³-hybridized carbons (Fsp3) is 0.364. The number of piperazine rings is 1. The zero-order chi connectivity index (χ0) is 22.5. The highest BCUT2D eigenvalue weighted by atomic mass is 35.5. The van der Waals surface area contributed by atoms with Crippen LogP contribution in [0.1, 0.15) is 17.3 Å². The number of tetrazole rings is 1. The van der Waals surface area contributed by atoms with Gasteiger partial charge in [0.15, 0.2) is 0 Å². The van der Waals surface area contributed by atoms with E-state index in [9.17, 15) is 4.79 Å². The molecule has 0 radical (unpaired) electrons. The van der Waals surface area contributed by atoms with Crippen LogP contribution < -0.4 is 15.0 Å². The second-order valence-corrected chi connectivity index (χ2v) is 8.08. The summed E-state index contributed by atoms with van der Waals surface area (Å²) in [6.45, 7) is 6.47. The van der Waals surface area contributed by atoms with Crippen molar-refractivity contribution >= 4 is 23.2 Å². The number of nitrogens with one attached hydrogen (secondary N) is 1. The van der Waals surface area contributed by atoms with E-state index in [4.69, 9.17) is 16.3 Å². The molecule has 1 aliphatic heterocycles. The van der Waals surface area contributed by atoms with Crippen molar-refractivity contribution in [2.24, 2.45) is 0 Å². The molecular weight excluding hydrogens is 430 g/mol. The summed E-state index contributed by atoms with van der Waals surface area (Å²) in [5.41, 5.74) is 2.16. The highest BCUT2D eigenvalue weighted by Gasteiger charge is 2.23. The standard InChI is InChI=1S/C22H26ClN7O2/c1-16(28-8-10-29(11-9-28)17-6-4-3-5-7-17)14-24-22(31)18-12-19(23)20(13-21(18)32-2)30-15-25-26-27-30/h3-7,12-13,15-16H,8-11,14H2,1-2H3,(H,24,31). The van der Waals surface area contributed by atoms with Gasteiger partial charge < -0.3 is 15.0 Å². The monoisotopic (exact) mass is 455 g/mol. The van der Waals surface area contributed by atoms with Crippen molar-refractivity contribution in [3.63, 3.8) is 0 Å². The Morgan fingerprint density at radius 1 is 1.19 bits per heavy atom. The molecule has 1 fully saturated rings. The molecule has 168 valence electrons. The number of carbonyl (C=O) groups excluding carboxylic acids is 1. The van der Waals surface area contributed by atoms with Gasteiger partial charge in [-0.1, -0.05) is 29.8 Å². The fourth-order valence-corrected chi connectivity index (χ4v) is 4.11. The molecule has 1 unspecified atom stereocenters. The first kappa shape index (κ1) is 22.0. The molecule has 0 saturated carbocycles. The Balaban J connectivity index is 1.35. The number of aromatic nitrogens is 4. The smallest absolute Gasteiger partial charge is 0.255 e. The summed E-state index contributed by atoms with van der Waals surface area (Å²) < 4.78 is 6.84. The molecule has 0 aliphatic carbocycles. The van der Waals surface area contributed by atoms with Crippen LogP contribution in [0.4, 0.5) is 5.69 Å². The zero-order valence-corrected chi connectivity index (χ0v) is 18.9. The molecule has 32 heavy (non-hydrogen) atoms. The number of amides is 1. The maximum absolute atomic E-state index is 12.9. The molecule has 0 bridgehead atoms. The van der Waals surface area contributed by atoms with Gasteiger partial charge in [-0.2, -0.15) is 4.68 Å². The van der Waals surface area contributed by atoms with E-state index < -0.39 is 0 Å². The van der Waals surface area contributed by atoms with E-state index in [1.54, 1.807) is 12.1 Å². The number of para-hydroxylation sites is 1. The number of hydrogen-bond donors (Lipinski definition) is 1. The lowest BCUT2D eigenvalue weighted by Crippen LogP contribution is -2.52. The zero-order valence-electron chi connectivity index (χ0n) is 18.1. The lowest BCUT2D eigenvalue weighted by molar-refractivity contribution is 0.0931. The van der Waals surface area contributed by atoms with Crippen molar-refractivity contribution in [2.45, 2.75) is 13.0 Å². The van der Waals surface area contributed by atoms with Crippen LogP contribution in [-0.4, -0.2) is 76.9 Å². The lowest BCUT2D eigenvalue weighted by atomic mass is 10.1. The van der Waals surface area contributed by atoms with Crippen molar-refractivity contribution < 1.29 is 9.53 Å². The molecule has 0 spiro atoms. The van der Waals surface area contributed by atoms with Crippen LogP contribution in [0.3, 0.4) is 0 Å². The fourth-order valence-electron chi connectivity index (χ4n) is 3.86. The third-order valence-electron chi connectivity index (χ3n) is 5.73. The molecule has 1 amide bonds. The second kappa shape index (κ2) is 9.97. The van der Waals surface area contributed by atoms with Gasteiger partial charge in [-0.3, -0.25) is 9.69 Å². The molecule has 2 aromatic carbocycles. The molecule has 3 aromatic rings. The maximum Gasteiger partial charge on any atom is 0.255 e. The topological polar surface area (TPSA) is 88.4 Å². The third kappa shape index (κ3) is 4.84. The van der Waals surface area contributed by atoms with E-state index in [1.807, 2.05) is 6.07 Å². The van der Waals surface area contributed by atoms with E-state index in [0.29, 0.717) is 28.6 Å². The first-order valence-corrected chi connectivity index (χ1v) is 10.9. The maximum atomic E-state index is 12.9. The van der Waals surface area contributed by atoms with Gasteiger partial charge >= 0.3 is 0 Å². The van der Waals surface area contributed by atoms with Crippen molar-refractivity contribution in [1.82, 2.24) is 30.4 Å². The van der Waals surface area contributed by atoms with Crippen LogP contribution in [0.25, 0.3) is 5.69 Å². The molecule has 4 rings (SSSR count). The van der Waals surface area contributed by atoms with Crippen molar-refractivity contribution in [3.8, 4) is 11.4 Å². The van der Waals surface area contributed by atoms with E-state index in [2.05, 4.69) is 61.8 Å². The minimum atomic E-state index is -0.234. The highest BCUT2D eigenvalue weighted by Crippen LogP contribution is 2.29. The van der Waals surface area contributed by atoms with Crippen molar-refractivity contribution in [2.75, 3.05) is 44.7 Å². The molecule has 10 heteroatoms. The van der Waals surface area contributed by atoms with Gasteiger partial charge in [0.2, 0.25) is 0 Å². The molecule has 1 aromatic heterocycles. The highest BCUT2D eigenvalue weighted by molar-refractivity contribution is 6.33. The normalized spacial score (nSPS) is 15.4. The molecule has 1 atom stereocenters. The Morgan fingerprint density at radius 3 is 2.59 bits per heavy atom. The van der Waals surface area contributed by atoms with Crippen LogP contribution in [0, 0.1) is 0 Å². The van der Waals surface area contributed by atoms with Gasteiger partial charge in [0, 0.05) is 50.5 Å². The van der Waals surface area contributed by atoms with E-state index in [1.165, 1.54) is 23.8 Å². The Labute approximate surface area is 191 Å². The summed E-state index contributed by atoms with van der Waals surface area (Å²) in [6, 6.07) is 13.9. The predicted molar refractivity (Wildman–Crippen MR) is 123 cm³/mol. The van der Waals surface area contributed by atoms with Crippen LogP contribution in [-0.2, 0) is 0 Å². The minimum Gasteiger partial charge on any atom is -0.496 e. The quantitative estimate of drug-likeness (QED) is 0.584. The van der Waals surface area contributed by atoms with Crippen LogP contribution in [0.5, 0.6) is 5.75 Å². The first-order valence-electron chi connectivity index (χ1n) is 10.5. The average molecular weight is 456 g/mol. The van der Waals surface area contributed by atoms with E-state index in [-0.39, 0.29) is 11.9 Å². The van der Waals surface area contributed by atoms with Crippen molar-refractivity contribution in [3.05, 3.63) is 59.4 Å². The molecule has 1 N–H and O–H groups in total. The lowest BCUT2D eigenvalue weighted by Gasteiger charge is -2.39. The Morgan fingerprint density at radius 2 is 1.94 bits per heavy atom. The molecule has 1 saturated heterocycles. The Hall–Kier alpha value is -3.17. The van der Waals surface area contributed by atoms with E-state index in [0.717, 1.165) is 26.2 Å². The Kier molecular flexibility index (Phi) is 6.87. The number of benzene rings is 2. The molecule has 1 aliphatic rings. The number of anilines is 1. The second-order valence-electron chi connectivity index (χ2n) is 7.68. The minimum absolute atomic E-state index is 0.207. The van der Waals surface area contributed by atoms with Gasteiger partial charge in [-0.25, -0.2) is 0 Å². The summed E-state index contributed by atoms with van der Waals surface area (Å²) in [4.78, 5) is 17.7. The SMILES string of the molecule is COc1cc(-n2cnnn2)c(Cl)cc1C(=O)NCC(C)N1CCN(c2ccccc2)CC1. The van der Waals surface area contributed by atoms with Gasteiger partial charge in [0.05, 0.1) is 23.4 Å². The molecule has 9 nitrogen and oxygen atoms in total. The number of ether oxygens (including phenoxy) is 1. The third-order valence-corrected chi connectivity index (χ3v) is 6.03. The number of hydrogen-bond acceptors (Lipinski definition) is 7. The number of nitrogens with zero attached hydrogens (tertiary/aromatic N) is 6. The predicted octanol–water partition coefficient (Wildman–Crippen LogP) is 2.26. The number of carbonyl (C=O) groups is 1. The van der Waals surface area contributed by atoms with Gasteiger partial charge in [0.1, 0.15) is 12.1 Å². The summed E-state index contributed by atoms with van der Waals surface area (Å²) in [5.74, 6) is 0.170. The van der Waals surface area contributed by atoms with Gasteiger partial charge in [-0.15, -0.1) is 5.10 Å². The number of rotatable bonds is 7. The summed E-state index contributed by atoms with van der Waals surface area (Å²) in [7, 11) is 1.51. The summed E-state index contributed by atoms with van der Waals surface area (Å²) >= 11 is 6.38. The van der Waals surface area contributed by atoms with Crippen molar-refractivity contribution in [1.29, 1.82) is 0 Å². The van der Waals surface area contributed by atoms with Crippen LogP contribution in [0.15, 0.2) is 48.8 Å². The number of methoxy groups -OCH3 is 1. The summed E-state index contributed by atoms with van der Waals surface area (Å²) in [6.07, 6.45) is 1.43. The largest absolute Gasteiger partial charge is 0.496 e. The van der Waals surface area contributed by atoms with E-state index >= 15 is 0 Å². The van der Waals surface area contributed by atoms with Gasteiger partial charge in [0.25, 0.3) is 5.91 Å². The molecule has 2 heterocycles. The van der Waals surface area contributed by atoms with Gasteiger partial charge in [-0.05, 0) is 35.5 Å². The first-order chi connectivity index (χ1) is 15.6. The average Bonchev–Trinajstić information content (AvgIpc) is 3.37. The number of halogens is 1. The van der Waals surface area contributed by atoms with Crippen LogP contribution >= 0.6 is 11.6 Å². The summed E-state index contributed by atoms with van der Waals surface area (Å²) in [5, 5.41) is 14.4. The molecular formula is C22H26ClN7O2. The van der Waals surface area contributed by atoms with Crippen LogP contribution in [0.2, 0.25) is 5.02 Å².